The fourth-order valence-electron chi connectivity index (χ4n) is 3.27. The minimum absolute atomic E-state index is 0.156. The molecule has 1 saturated carbocycles. The molecule has 3 aromatic rings. The summed E-state index contributed by atoms with van der Waals surface area (Å²) < 4.78 is 0. The van der Waals surface area contributed by atoms with Crippen LogP contribution in [0.3, 0.4) is 0 Å². The molecular weight excluding hydrogens is 290 g/mol. The zero-order chi connectivity index (χ0) is 15.8. The lowest BCUT2D eigenvalue weighted by molar-refractivity contribution is 0.688. The number of pyridine rings is 1. The third kappa shape index (κ3) is 2.61. The first-order chi connectivity index (χ1) is 11.2. The molecule has 23 heavy (non-hydrogen) atoms. The zero-order valence-corrected chi connectivity index (χ0v) is 12.7. The van der Waals surface area contributed by atoms with E-state index in [4.69, 9.17) is 5.73 Å². The summed E-state index contributed by atoms with van der Waals surface area (Å²) in [4.78, 5) is 22.9. The van der Waals surface area contributed by atoms with Crippen LogP contribution in [0.15, 0.2) is 41.3 Å². The SMILES string of the molecule is N[C@@H]1CC[C@H](Nc2cc[nH]c(=O)c2-c2nc3ccccc3[nH]2)C1. The third-order valence-electron chi connectivity index (χ3n) is 4.42. The van der Waals surface area contributed by atoms with Gasteiger partial charge in [-0.15, -0.1) is 0 Å². The van der Waals surface area contributed by atoms with E-state index in [0.29, 0.717) is 17.4 Å². The van der Waals surface area contributed by atoms with Crippen molar-refractivity contribution in [3.05, 3.63) is 46.9 Å². The number of aromatic amines is 2. The Bertz CT molecular complexity index is 864. The topological polar surface area (TPSA) is 99.6 Å². The largest absolute Gasteiger partial charge is 0.381 e. The second-order valence-corrected chi connectivity index (χ2v) is 6.11. The molecule has 0 saturated heterocycles. The van der Waals surface area contributed by atoms with Crippen molar-refractivity contribution in [3.63, 3.8) is 0 Å². The van der Waals surface area contributed by atoms with E-state index in [1.165, 1.54) is 0 Å². The van der Waals surface area contributed by atoms with Crippen molar-refractivity contribution in [2.75, 3.05) is 5.32 Å². The maximum Gasteiger partial charge on any atom is 0.261 e. The maximum absolute atomic E-state index is 12.4. The molecule has 1 aromatic carbocycles. The van der Waals surface area contributed by atoms with Gasteiger partial charge in [-0.1, -0.05) is 12.1 Å². The molecule has 0 unspecified atom stereocenters. The molecular formula is C17H19N5O. The number of imidazole rings is 1. The lowest BCUT2D eigenvalue weighted by atomic mass is 10.1. The highest BCUT2D eigenvalue weighted by molar-refractivity contribution is 5.82. The number of hydrogen-bond acceptors (Lipinski definition) is 4. The van der Waals surface area contributed by atoms with Crippen molar-refractivity contribution in [3.8, 4) is 11.4 Å². The van der Waals surface area contributed by atoms with Gasteiger partial charge in [0.15, 0.2) is 0 Å². The highest BCUT2D eigenvalue weighted by Crippen LogP contribution is 2.27. The van der Waals surface area contributed by atoms with Crippen LogP contribution in [0.25, 0.3) is 22.4 Å². The molecule has 118 valence electrons. The van der Waals surface area contributed by atoms with E-state index < -0.39 is 0 Å². The molecule has 0 aliphatic heterocycles. The molecule has 0 bridgehead atoms. The van der Waals surface area contributed by atoms with Gasteiger partial charge < -0.3 is 21.0 Å². The average molecular weight is 309 g/mol. The molecule has 4 rings (SSSR count). The first-order valence-electron chi connectivity index (χ1n) is 7.89. The van der Waals surface area contributed by atoms with E-state index in [2.05, 4.69) is 20.3 Å². The van der Waals surface area contributed by atoms with Crippen molar-refractivity contribution in [1.29, 1.82) is 0 Å². The Balaban J connectivity index is 1.76. The van der Waals surface area contributed by atoms with Gasteiger partial charge in [-0.3, -0.25) is 4.79 Å². The predicted molar refractivity (Wildman–Crippen MR) is 91.4 cm³/mol. The van der Waals surface area contributed by atoms with Crippen LogP contribution in [-0.4, -0.2) is 27.0 Å². The Labute approximate surface area is 133 Å². The van der Waals surface area contributed by atoms with E-state index in [-0.39, 0.29) is 11.6 Å². The van der Waals surface area contributed by atoms with Gasteiger partial charge in [-0.2, -0.15) is 0 Å². The average Bonchev–Trinajstić information content (AvgIpc) is 3.13. The molecule has 6 heteroatoms. The minimum atomic E-state index is -0.156. The quantitative estimate of drug-likeness (QED) is 0.596. The van der Waals surface area contributed by atoms with E-state index in [9.17, 15) is 4.79 Å². The summed E-state index contributed by atoms with van der Waals surface area (Å²) in [6, 6.07) is 10.2. The first kappa shape index (κ1) is 14.0. The molecule has 2 heterocycles. The molecule has 1 aliphatic rings. The van der Waals surface area contributed by atoms with Crippen LogP contribution in [0.1, 0.15) is 19.3 Å². The number of fused-ring (bicyclic) bond motifs is 1. The summed E-state index contributed by atoms with van der Waals surface area (Å²) in [5.74, 6) is 0.581. The monoisotopic (exact) mass is 309 g/mol. The van der Waals surface area contributed by atoms with Crippen molar-refractivity contribution >= 4 is 16.7 Å². The van der Waals surface area contributed by atoms with Crippen molar-refractivity contribution < 1.29 is 0 Å². The Hall–Kier alpha value is -2.60. The van der Waals surface area contributed by atoms with Crippen molar-refractivity contribution in [2.45, 2.75) is 31.3 Å². The van der Waals surface area contributed by atoms with Gasteiger partial charge in [0.05, 0.1) is 16.7 Å². The second-order valence-electron chi connectivity index (χ2n) is 6.11. The fraction of sp³-hybridized carbons (Fsp3) is 0.294. The van der Waals surface area contributed by atoms with Crippen molar-refractivity contribution in [1.82, 2.24) is 15.0 Å². The number of anilines is 1. The number of H-pyrrole nitrogens is 2. The molecule has 2 atom stereocenters. The van der Waals surface area contributed by atoms with Crippen molar-refractivity contribution in [2.24, 2.45) is 5.73 Å². The Morgan fingerprint density at radius 1 is 1.22 bits per heavy atom. The molecule has 0 amide bonds. The molecule has 6 nitrogen and oxygen atoms in total. The smallest absolute Gasteiger partial charge is 0.261 e. The number of nitrogens with zero attached hydrogens (tertiary/aromatic N) is 1. The fourth-order valence-corrected chi connectivity index (χ4v) is 3.27. The summed E-state index contributed by atoms with van der Waals surface area (Å²) in [6.45, 7) is 0. The predicted octanol–water partition coefficient (Wildman–Crippen LogP) is 2.21. The van der Waals surface area contributed by atoms with Gasteiger partial charge in [0.1, 0.15) is 11.4 Å². The van der Waals surface area contributed by atoms with E-state index in [0.717, 1.165) is 36.0 Å². The van der Waals surface area contributed by atoms with Crippen LogP contribution >= 0.6 is 0 Å². The standard InChI is InChI=1S/C17H19N5O/c18-10-5-6-11(9-10)20-14-7-8-19-17(23)15(14)16-21-12-3-1-2-4-13(12)22-16/h1-4,7-8,10-11H,5-6,9,18H2,(H,21,22)(H2,19,20,23)/t10-,11+/m1/s1. The van der Waals surface area contributed by atoms with E-state index in [1.807, 2.05) is 30.3 Å². The van der Waals surface area contributed by atoms with Crippen LogP contribution in [0.4, 0.5) is 5.69 Å². The van der Waals surface area contributed by atoms with Gasteiger partial charge in [-0.25, -0.2) is 4.98 Å². The van der Waals surface area contributed by atoms with E-state index in [1.54, 1.807) is 6.20 Å². The van der Waals surface area contributed by atoms with Crippen LogP contribution < -0.4 is 16.6 Å². The number of rotatable bonds is 3. The summed E-state index contributed by atoms with van der Waals surface area (Å²) in [6.07, 6.45) is 4.62. The summed E-state index contributed by atoms with van der Waals surface area (Å²) in [7, 11) is 0. The Kier molecular flexibility index (Phi) is 3.38. The zero-order valence-electron chi connectivity index (χ0n) is 12.7. The molecule has 1 aliphatic carbocycles. The van der Waals surface area contributed by atoms with Gasteiger partial charge in [0.2, 0.25) is 0 Å². The lowest BCUT2D eigenvalue weighted by Gasteiger charge is -2.15. The van der Waals surface area contributed by atoms with E-state index >= 15 is 0 Å². The summed E-state index contributed by atoms with van der Waals surface area (Å²) in [5.41, 5.74) is 8.93. The molecule has 2 aromatic heterocycles. The summed E-state index contributed by atoms with van der Waals surface area (Å²) >= 11 is 0. The highest BCUT2D eigenvalue weighted by atomic mass is 16.1. The summed E-state index contributed by atoms with van der Waals surface area (Å²) in [5, 5.41) is 3.46. The number of para-hydroxylation sites is 2. The number of nitrogens with two attached hydrogens (primary N) is 1. The van der Waals surface area contributed by atoms with Gasteiger partial charge in [0, 0.05) is 18.3 Å². The minimum Gasteiger partial charge on any atom is -0.381 e. The second kappa shape index (κ2) is 5.55. The number of hydrogen-bond donors (Lipinski definition) is 4. The number of benzene rings is 1. The first-order valence-corrected chi connectivity index (χ1v) is 7.89. The molecule has 5 N–H and O–H groups in total. The molecule has 0 radical (unpaired) electrons. The Morgan fingerprint density at radius 2 is 2.09 bits per heavy atom. The maximum atomic E-state index is 12.4. The van der Waals surface area contributed by atoms with Crippen LogP contribution in [-0.2, 0) is 0 Å². The number of aromatic nitrogens is 3. The molecule has 0 spiro atoms. The number of nitrogens with one attached hydrogen (secondary N) is 3. The lowest BCUT2D eigenvalue weighted by Crippen LogP contribution is -2.22. The highest BCUT2D eigenvalue weighted by Gasteiger charge is 2.23. The Morgan fingerprint density at radius 3 is 2.87 bits per heavy atom. The van der Waals surface area contributed by atoms with Crippen LogP contribution in [0.2, 0.25) is 0 Å². The van der Waals surface area contributed by atoms with Gasteiger partial charge >= 0.3 is 0 Å². The van der Waals surface area contributed by atoms with Crippen LogP contribution in [0, 0.1) is 0 Å². The van der Waals surface area contributed by atoms with Crippen LogP contribution in [0.5, 0.6) is 0 Å². The third-order valence-corrected chi connectivity index (χ3v) is 4.42. The molecule has 1 fully saturated rings. The van der Waals surface area contributed by atoms with Gasteiger partial charge in [-0.05, 0) is 37.5 Å². The normalized spacial score (nSPS) is 20.9. The van der Waals surface area contributed by atoms with Gasteiger partial charge in [0.25, 0.3) is 5.56 Å².